The van der Waals surface area contributed by atoms with Crippen LogP contribution in [0.15, 0.2) is 46.8 Å². The van der Waals surface area contributed by atoms with Gasteiger partial charge in [-0.15, -0.1) is 0 Å². The zero-order valence-corrected chi connectivity index (χ0v) is 17.1. The summed E-state index contributed by atoms with van der Waals surface area (Å²) in [6, 6.07) is 5.64. The average Bonchev–Trinajstić information content (AvgIpc) is 2.72. The van der Waals surface area contributed by atoms with E-state index in [-0.39, 0.29) is 22.8 Å². The highest BCUT2D eigenvalue weighted by atomic mass is 16.6. The van der Waals surface area contributed by atoms with Crippen molar-refractivity contribution in [2.45, 2.75) is 26.2 Å². The predicted octanol–water partition coefficient (Wildman–Crippen LogP) is 2.38. The predicted molar refractivity (Wildman–Crippen MR) is 105 cm³/mol. The highest BCUT2D eigenvalue weighted by Crippen LogP contribution is 2.45. The van der Waals surface area contributed by atoms with Crippen LogP contribution in [0, 0.1) is 22.0 Å². The van der Waals surface area contributed by atoms with Gasteiger partial charge in [0.15, 0.2) is 5.78 Å². The molecule has 2 aliphatic rings. The van der Waals surface area contributed by atoms with Gasteiger partial charge in [0.25, 0.3) is 5.69 Å². The van der Waals surface area contributed by atoms with Crippen molar-refractivity contribution in [3.8, 4) is 0 Å². The molecule has 0 saturated heterocycles. The first-order chi connectivity index (χ1) is 14.2. The summed E-state index contributed by atoms with van der Waals surface area (Å²) >= 11 is 0. The molecule has 0 aromatic heterocycles. The van der Waals surface area contributed by atoms with Gasteiger partial charge in [0.2, 0.25) is 0 Å². The van der Waals surface area contributed by atoms with E-state index in [2.05, 4.69) is 5.32 Å². The number of non-ortho nitro benzene ring substituents is 1. The van der Waals surface area contributed by atoms with Gasteiger partial charge in [0.1, 0.15) is 5.92 Å². The van der Waals surface area contributed by atoms with Crippen molar-refractivity contribution in [1.29, 1.82) is 0 Å². The van der Waals surface area contributed by atoms with Gasteiger partial charge in [-0.2, -0.15) is 0 Å². The quantitative estimate of drug-likeness (QED) is 0.345. The number of carbonyl (C=O) groups is 3. The largest absolute Gasteiger partial charge is 0.468 e. The van der Waals surface area contributed by atoms with Crippen molar-refractivity contribution in [2.24, 2.45) is 11.8 Å². The third kappa shape index (κ3) is 3.47. The van der Waals surface area contributed by atoms with Crippen LogP contribution < -0.4 is 5.32 Å². The summed E-state index contributed by atoms with van der Waals surface area (Å²) < 4.78 is 9.76. The van der Waals surface area contributed by atoms with Crippen molar-refractivity contribution in [3.05, 3.63) is 62.5 Å². The Kier molecular flexibility index (Phi) is 5.73. The minimum atomic E-state index is -0.992. The topological polar surface area (TPSA) is 125 Å². The minimum absolute atomic E-state index is 0.113. The summed E-state index contributed by atoms with van der Waals surface area (Å²) in [5.74, 6) is -3.79. The number of nitrogens with one attached hydrogen (secondary N) is 1. The van der Waals surface area contributed by atoms with Crippen molar-refractivity contribution < 1.29 is 28.8 Å². The maximum absolute atomic E-state index is 13.4. The summed E-state index contributed by atoms with van der Waals surface area (Å²) in [6.07, 6.45) is 0.413. The molecule has 1 aliphatic heterocycles. The number of ketones is 1. The molecule has 0 spiro atoms. The molecule has 3 rings (SSSR count). The van der Waals surface area contributed by atoms with E-state index in [1.54, 1.807) is 13.8 Å². The number of nitro groups is 1. The minimum Gasteiger partial charge on any atom is -0.468 e. The van der Waals surface area contributed by atoms with E-state index in [0.29, 0.717) is 23.4 Å². The second kappa shape index (κ2) is 8.10. The number of nitrogens with zero attached hydrogens (tertiary/aromatic N) is 1. The molecular weight excluding hydrogens is 392 g/mol. The number of allylic oxidation sites excluding steroid dienone is 3. The number of Topliss-reactive ketones (excluding diaryl/α,β-unsaturated/α-hetero) is 1. The Labute approximate surface area is 172 Å². The molecule has 0 bridgehead atoms. The SMILES string of the molecule is COC(=O)C1=C(C)NC2=C(C(=O)[C@H](C(=O)OC)[C@H](C)C2)[C@@H]1c1ccc([N+](=O)[O-])cc1. The molecule has 0 radical (unpaired) electrons. The fourth-order valence-corrected chi connectivity index (χ4v) is 4.18. The van der Waals surface area contributed by atoms with Crippen molar-refractivity contribution in [1.82, 2.24) is 5.32 Å². The Bertz CT molecular complexity index is 991. The maximum atomic E-state index is 13.4. The third-order valence-electron chi connectivity index (χ3n) is 5.59. The van der Waals surface area contributed by atoms with Crippen molar-refractivity contribution in [2.75, 3.05) is 14.2 Å². The van der Waals surface area contributed by atoms with E-state index in [1.165, 1.54) is 38.5 Å². The van der Waals surface area contributed by atoms with E-state index >= 15 is 0 Å². The fraction of sp³-hybridized carbons (Fsp3) is 0.381. The Morgan fingerprint density at radius 3 is 2.33 bits per heavy atom. The summed E-state index contributed by atoms with van der Waals surface area (Å²) in [4.78, 5) is 48.8. The Balaban J connectivity index is 2.19. The molecular formula is C21H22N2O7. The highest BCUT2D eigenvalue weighted by Gasteiger charge is 2.47. The van der Waals surface area contributed by atoms with Crippen molar-refractivity contribution in [3.63, 3.8) is 0 Å². The molecule has 0 fully saturated rings. The van der Waals surface area contributed by atoms with Gasteiger partial charge in [0.05, 0.1) is 24.7 Å². The molecule has 9 nitrogen and oxygen atoms in total. The standard InChI is InChI=1S/C21H22N2O7/c1-10-9-14-18(19(24)15(10)20(25)29-3)17(16(11(2)22-14)21(26)30-4)12-5-7-13(8-6-12)23(27)28/h5-8,10,15,17,22H,9H2,1-4H3/t10-,15-,17-/m1/s1. The smallest absolute Gasteiger partial charge is 0.336 e. The van der Waals surface area contributed by atoms with E-state index in [0.717, 1.165) is 0 Å². The van der Waals surface area contributed by atoms with Crippen LogP contribution in [0.2, 0.25) is 0 Å². The van der Waals surface area contributed by atoms with E-state index in [9.17, 15) is 24.5 Å². The molecule has 3 atom stereocenters. The van der Waals surface area contributed by atoms with Crippen LogP contribution >= 0.6 is 0 Å². The van der Waals surface area contributed by atoms with Gasteiger partial charge in [0, 0.05) is 35.0 Å². The Morgan fingerprint density at radius 1 is 1.17 bits per heavy atom. The number of rotatable bonds is 4. The number of methoxy groups -OCH3 is 2. The fourth-order valence-electron chi connectivity index (χ4n) is 4.18. The lowest BCUT2D eigenvalue weighted by atomic mass is 9.69. The normalized spacial score (nSPS) is 23.5. The highest BCUT2D eigenvalue weighted by molar-refractivity contribution is 6.12. The number of benzene rings is 1. The van der Waals surface area contributed by atoms with Crippen LogP contribution in [0.1, 0.15) is 31.7 Å². The lowest BCUT2D eigenvalue weighted by Crippen LogP contribution is -2.43. The number of ether oxygens (including phenoxy) is 2. The van der Waals surface area contributed by atoms with Gasteiger partial charge < -0.3 is 14.8 Å². The van der Waals surface area contributed by atoms with Crippen LogP contribution in [0.5, 0.6) is 0 Å². The summed E-state index contributed by atoms with van der Waals surface area (Å²) in [7, 11) is 2.46. The maximum Gasteiger partial charge on any atom is 0.336 e. The zero-order chi connectivity index (χ0) is 22.2. The summed E-state index contributed by atoms with van der Waals surface area (Å²) in [5.41, 5.74) is 2.06. The van der Waals surface area contributed by atoms with E-state index in [4.69, 9.17) is 9.47 Å². The molecule has 1 N–H and O–H groups in total. The Hall–Kier alpha value is -3.49. The molecule has 0 saturated carbocycles. The number of nitro benzene ring substituents is 1. The molecule has 0 amide bonds. The van der Waals surface area contributed by atoms with Crippen LogP contribution in [-0.2, 0) is 23.9 Å². The van der Waals surface area contributed by atoms with E-state index in [1.807, 2.05) is 0 Å². The van der Waals surface area contributed by atoms with Crippen LogP contribution in [0.4, 0.5) is 5.69 Å². The molecule has 0 unspecified atom stereocenters. The summed E-state index contributed by atoms with van der Waals surface area (Å²) in [5, 5.41) is 14.2. The number of esters is 2. The molecule has 9 heteroatoms. The lowest BCUT2D eigenvalue weighted by molar-refractivity contribution is -0.384. The number of hydrogen-bond donors (Lipinski definition) is 1. The molecule has 30 heavy (non-hydrogen) atoms. The molecule has 1 aromatic rings. The molecule has 158 valence electrons. The van der Waals surface area contributed by atoms with Crippen LogP contribution in [0.25, 0.3) is 0 Å². The van der Waals surface area contributed by atoms with Gasteiger partial charge in [-0.3, -0.25) is 19.7 Å². The first-order valence-corrected chi connectivity index (χ1v) is 9.36. The van der Waals surface area contributed by atoms with Gasteiger partial charge in [-0.05, 0) is 24.8 Å². The van der Waals surface area contributed by atoms with E-state index < -0.39 is 34.5 Å². The monoisotopic (exact) mass is 414 g/mol. The molecule has 1 heterocycles. The van der Waals surface area contributed by atoms with Gasteiger partial charge in [-0.25, -0.2) is 4.79 Å². The third-order valence-corrected chi connectivity index (χ3v) is 5.59. The van der Waals surface area contributed by atoms with Crippen molar-refractivity contribution >= 4 is 23.4 Å². The molecule has 1 aliphatic carbocycles. The number of carbonyl (C=O) groups excluding carboxylic acids is 3. The zero-order valence-electron chi connectivity index (χ0n) is 17.1. The summed E-state index contributed by atoms with van der Waals surface area (Å²) in [6.45, 7) is 3.50. The number of hydrogen-bond acceptors (Lipinski definition) is 8. The second-order valence-corrected chi connectivity index (χ2v) is 7.38. The lowest BCUT2D eigenvalue weighted by Gasteiger charge is -2.38. The average molecular weight is 414 g/mol. The van der Waals surface area contributed by atoms with Gasteiger partial charge >= 0.3 is 11.9 Å². The van der Waals surface area contributed by atoms with Gasteiger partial charge in [-0.1, -0.05) is 19.1 Å². The first-order valence-electron chi connectivity index (χ1n) is 9.36. The van der Waals surface area contributed by atoms with Crippen LogP contribution in [-0.4, -0.2) is 36.9 Å². The number of dihydropyridines is 1. The van der Waals surface area contributed by atoms with Crippen LogP contribution in [0.3, 0.4) is 0 Å². The first kappa shape index (κ1) is 21.2. The Morgan fingerprint density at radius 2 is 1.80 bits per heavy atom. The second-order valence-electron chi connectivity index (χ2n) is 7.38. The molecule has 1 aromatic carbocycles.